The number of rotatable bonds is 4. The molecule has 2 aromatic carbocycles. The highest BCUT2D eigenvalue weighted by Gasteiger charge is 2.29. The summed E-state index contributed by atoms with van der Waals surface area (Å²) < 4.78 is 39.7. The third-order valence-electron chi connectivity index (χ3n) is 4.97. The molecule has 1 heterocycles. The maximum atomic E-state index is 14.5. The molecular weight excluding hydrogens is 412 g/mol. The van der Waals surface area contributed by atoms with Gasteiger partial charge in [-0.25, -0.2) is 13.6 Å². The van der Waals surface area contributed by atoms with Gasteiger partial charge in [0.15, 0.2) is 11.6 Å². The van der Waals surface area contributed by atoms with Crippen LogP contribution in [-0.4, -0.2) is 29.7 Å². The minimum Gasteiger partial charge on any atom is -0.485 e. The quantitative estimate of drug-likeness (QED) is 0.562. The Bertz CT molecular complexity index is 906. The van der Waals surface area contributed by atoms with Gasteiger partial charge in [-0.05, 0) is 57.7 Å². The topological polar surface area (TPSA) is 38.8 Å². The van der Waals surface area contributed by atoms with Crippen LogP contribution in [0.1, 0.15) is 50.7 Å². The molecular formula is C23H26ClF2NO3. The normalized spacial score (nSPS) is 15.2. The van der Waals surface area contributed by atoms with Crippen LogP contribution < -0.4 is 4.74 Å². The molecule has 3 rings (SSSR count). The van der Waals surface area contributed by atoms with Crippen LogP contribution in [0.25, 0.3) is 0 Å². The van der Waals surface area contributed by atoms with Crippen molar-refractivity contribution in [3.8, 4) is 5.75 Å². The number of amides is 1. The van der Waals surface area contributed by atoms with E-state index in [4.69, 9.17) is 21.1 Å². The van der Waals surface area contributed by atoms with Crippen LogP contribution in [-0.2, 0) is 11.3 Å². The number of para-hydroxylation sites is 1. The third kappa shape index (κ3) is 5.63. The fourth-order valence-corrected chi connectivity index (χ4v) is 3.65. The molecule has 2 aromatic rings. The van der Waals surface area contributed by atoms with E-state index in [1.807, 2.05) is 26.8 Å². The second kappa shape index (κ2) is 9.21. The van der Waals surface area contributed by atoms with Crippen molar-refractivity contribution in [1.29, 1.82) is 0 Å². The summed E-state index contributed by atoms with van der Waals surface area (Å²) >= 11 is 5.78. The zero-order chi connectivity index (χ0) is 21.9. The first-order valence-corrected chi connectivity index (χ1v) is 10.3. The first kappa shape index (κ1) is 22.3. The maximum Gasteiger partial charge on any atom is 0.410 e. The SMILES string of the molecule is CC(C)(C)OC(=O)N1CCC(c2cccc(F)c2OCc2ccc(Cl)cc2F)CC1. The highest BCUT2D eigenvalue weighted by molar-refractivity contribution is 6.30. The van der Waals surface area contributed by atoms with E-state index in [0.717, 1.165) is 5.56 Å². The van der Waals surface area contributed by atoms with Crippen molar-refractivity contribution >= 4 is 17.7 Å². The number of carbonyl (C=O) groups excluding carboxylic acids is 1. The molecule has 0 radical (unpaired) electrons. The number of likely N-dealkylation sites (tertiary alicyclic amines) is 1. The number of carbonyl (C=O) groups is 1. The van der Waals surface area contributed by atoms with Crippen molar-refractivity contribution in [2.24, 2.45) is 0 Å². The summed E-state index contributed by atoms with van der Waals surface area (Å²) in [5, 5.41) is 0.291. The maximum absolute atomic E-state index is 14.5. The van der Waals surface area contributed by atoms with Gasteiger partial charge in [0, 0.05) is 29.2 Å². The molecule has 162 valence electrons. The highest BCUT2D eigenvalue weighted by atomic mass is 35.5. The number of benzene rings is 2. The van der Waals surface area contributed by atoms with Gasteiger partial charge >= 0.3 is 6.09 Å². The number of halogens is 3. The van der Waals surface area contributed by atoms with Gasteiger partial charge in [-0.2, -0.15) is 0 Å². The van der Waals surface area contributed by atoms with E-state index in [2.05, 4.69) is 0 Å². The van der Waals surface area contributed by atoms with Crippen molar-refractivity contribution in [2.75, 3.05) is 13.1 Å². The van der Waals surface area contributed by atoms with Gasteiger partial charge < -0.3 is 14.4 Å². The fourth-order valence-electron chi connectivity index (χ4n) is 3.49. The second-order valence-corrected chi connectivity index (χ2v) is 8.86. The molecule has 0 atom stereocenters. The second-order valence-electron chi connectivity index (χ2n) is 8.42. The Kier molecular flexibility index (Phi) is 6.86. The Labute approximate surface area is 180 Å². The average molecular weight is 438 g/mol. The molecule has 0 aliphatic carbocycles. The third-order valence-corrected chi connectivity index (χ3v) is 5.21. The minimum atomic E-state index is -0.547. The Balaban J connectivity index is 1.69. The van der Waals surface area contributed by atoms with Crippen molar-refractivity contribution in [1.82, 2.24) is 4.90 Å². The predicted molar refractivity (Wildman–Crippen MR) is 112 cm³/mol. The molecule has 1 amide bonds. The van der Waals surface area contributed by atoms with E-state index in [0.29, 0.717) is 36.5 Å². The van der Waals surface area contributed by atoms with Crippen LogP contribution in [0.4, 0.5) is 13.6 Å². The van der Waals surface area contributed by atoms with Gasteiger partial charge in [0.1, 0.15) is 18.0 Å². The van der Waals surface area contributed by atoms with Gasteiger partial charge in [-0.3, -0.25) is 0 Å². The minimum absolute atomic E-state index is 0.0319. The first-order valence-electron chi connectivity index (χ1n) is 9.97. The van der Waals surface area contributed by atoms with E-state index >= 15 is 0 Å². The van der Waals surface area contributed by atoms with Crippen LogP contribution in [0, 0.1) is 11.6 Å². The van der Waals surface area contributed by atoms with Gasteiger partial charge in [-0.15, -0.1) is 0 Å². The van der Waals surface area contributed by atoms with Crippen molar-refractivity contribution in [3.05, 3.63) is 64.2 Å². The van der Waals surface area contributed by atoms with Crippen molar-refractivity contribution in [3.63, 3.8) is 0 Å². The molecule has 0 N–H and O–H groups in total. The predicted octanol–water partition coefficient (Wildman–Crippen LogP) is 6.31. The molecule has 30 heavy (non-hydrogen) atoms. The number of nitrogens with zero attached hydrogens (tertiary/aromatic N) is 1. The lowest BCUT2D eigenvalue weighted by molar-refractivity contribution is 0.0204. The molecule has 4 nitrogen and oxygen atoms in total. The molecule has 1 aliphatic heterocycles. The van der Waals surface area contributed by atoms with Crippen LogP contribution in [0.2, 0.25) is 5.02 Å². The largest absolute Gasteiger partial charge is 0.485 e. The van der Waals surface area contributed by atoms with Gasteiger partial charge in [0.05, 0.1) is 0 Å². The number of ether oxygens (including phenoxy) is 2. The average Bonchev–Trinajstić information content (AvgIpc) is 2.67. The molecule has 0 aromatic heterocycles. The van der Waals surface area contributed by atoms with E-state index in [-0.39, 0.29) is 24.4 Å². The highest BCUT2D eigenvalue weighted by Crippen LogP contribution is 2.36. The molecule has 1 aliphatic rings. The number of hydrogen-bond acceptors (Lipinski definition) is 3. The molecule has 0 bridgehead atoms. The standard InChI is InChI=1S/C23H26ClF2NO3/c1-23(2,3)30-22(28)27-11-9-15(10-12-27)18-5-4-6-19(25)21(18)29-14-16-7-8-17(24)13-20(16)26/h4-8,13,15H,9-12,14H2,1-3H3. The molecule has 0 saturated carbocycles. The van der Waals surface area contributed by atoms with Gasteiger partial charge in [0.2, 0.25) is 0 Å². The number of hydrogen-bond donors (Lipinski definition) is 0. The number of piperidine rings is 1. The van der Waals surface area contributed by atoms with Gasteiger partial charge in [0.25, 0.3) is 0 Å². The zero-order valence-electron chi connectivity index (χ0n) is 17.4. The lowest BCUT2D eigenvalue weighted by Gasteiger charge is -2.34. The summed E-state index contributed by atoms with van der Waals surface area (Å²) in [5.41, 5.74) is 0.482. The molecule has 1 fully saturated rings. The van der Waals surface area contributed by atoms with E-state index < -0.39 is 17.2 Å². The zero-order valence-corrected chi connectivity index (χ0v) is 18.1. The molecule has 0 spiro atoms. The summed E-state index contributed by atoms with van der Waals surface area (Å²) in [5.74, 6) is -0.825. The molecule has 1 saturated heterocycles. The molecule has 7 heteroatoms. The lowest BCUT2D eigenvalue weighted by Crippen LogP contribution is -2.41. The van der Waals surface area contributed by atoms with Crippen LogP contribution in [0.15, 0.2) is 36.4 Å². The monoisotopic (exact) mass is 437 g/mol. The van der Waals surface area contributed by atoms with E-state index in [9.17, 15) is 13.6 Å². The van der Waals surface area contributed by atoms with Crippen LogP contribution >= 0.6 is 11.6 Å². The summed E-state index contributed by atoms with van der Waals surface area (Å²) in [4.78, 5) is 13.9. The summed E-state index contributed by atoms with van der Waals surface area (Å²) in [6.07, 6.45) is 0.984. The van der Waals surface area contributed by atoms with Crippen molar-refractivity contribution < 1.29 is 23.0 Å². The fraction of sp³-hybridized carbons (Fsp3) is 0.435. The van der Waals surface area contributed by atoms with Crippen LogP contribution in [0.3, 0.4) is 0 Å². The Morgan fingerprint density at radius 3 is 2.47 bits per heavy atom. The summed E-state index contributed by atoms with van der Waals surface area (Å²) in [6.45, 7) is 6.42. The summed E-state index contributed by atoms with van der Waals surface area (Å²) in [6, 6.07) is 9.09. The molecule has 0 unspecified atom stereocenters. The Morgan fingerprint density at radius 2 is 1.83 bits per heavy atom. The first-order chi connectivity index (χ1) is 14.1. The van der Waals surface area contributed by atoms with E-state index in [1.165, 1.54) is 18.2 Å². The van der Waals surface area contributed by atoms with Crippen molar-refractivity contribution in [2.45, 2.75) is 51.7 Å². The Morgan fingerprint density at radius 1 is 1.13 bits per heavy atom. The Hall–Kier alpha value is -2.34. The van der Waals surface area contributed by atoms with Crippen LogP contribution in [0.5, 0.6) is 5.75 Å². The van der Waals surface area contributed by atoms with E-state index in [1.54, 1.807) is 17.0 Å². The van der Waals surface area contributed by atoms with Gasteiger partial charge in [-0.1, -0.05) is 29.8 Å². The summed E-state index contributed by atoms with van der Waals surface area (Å²) in [7, 11) is 0. The lowest BCUT2D eigenvalue weighted by atomic mass is 9.89. The smallest absolute Gasteiger partial charge is 0.410 e.